The third-order valence-electron chi connectivity index (χ3n) is 3.13. The lowest BCUT2D eigenvalue weighted by Gasteiger charge is -2.11. The lowest BCUT2D eigenvalue weighted by atomic mass is 10.1. The molecule has 0 aliphatic carbocycles. The predicted molar refractivity (Wildman–Crippen MR) is 87.1 cm³/mol. The van der Waals surface area contributed by atoms with E-state index in [0.717, 1.165) is 5.56 Å². The van der Waals surface area contributed by atoms with E-state index in [1.165, 1.54) is 0 Å². The van der Waals surface area contributed by atoms with E-state index in [1.807, 2.05) is 44.2 Å². The molecule has 2 aromatic rings. The van der Waals surface area contributed by atoms with Crippen molar-refractivity contribution in [3.05, 3.63) is 71.3 Å². The van der Waals surface area contributed by atoms with Crippen molar-refractivity contribution >= 4 is 11.9 Å². The van der Waals surface area contributed by atoms with Crippen molar-refractivity contribution in [2.24, 2.45) is 5.92 Å². The summed E-state index contributed by atoms with van der Waals surface area (Å²) in [5.74, 6) is -0.812. The molecule has 0 amide bonds. The zero-order valence-corrected chi connectivity index (χ0v) is 13.3. The van der Waals surface area contributed by atoms with E-state index >= 15 is 0 Å². The number of rotatable bonds is 6. The summed E-state index contributed by atoms with van der Waals surface area (Å²) in [5, 5.41) is 0. The summed E-state index contributed by atoms with van der Waals surface area (Å²) in [5.41, 5.74) is 1.34. The van der Waals surface area contributed by atoms with Crippen molar-refractivity contribution < 1.29 is 19.1 Å². The molecule has 0 heterocycles. The van der Waals surface area contributed by atoms with E-state index in [0.29, 0.717) is 6.61 Å². The van der Waals surface area contributed by atoms with Gasteiger partial charge in [-0.3, -0.25) is 0 Å². The second kappa shape index (κ2) is 8.13. The Morgan fingerprint density at radius 1 is 0.826 bits per heavy atom. The van der Waals surface area contributed by atoms with Gasteiger partial charge in [-0.15, -0.1) is 0 Å². The van der Waals surface area contributed by atoms with Gasteiger partial charge in [0, 0.05) is 0 Å². The highest BCUT2D eigenvalue weighted by Gasteiger charge is 2.19. The Kier molecular flexibility index (Phi) is 5.92. The first kappa shape index (κ1) is 16.7. The van der Waals surface area contributed by atoms with Crippen molar-refractivity contribution in [1.29, 1.82) is 0 Å². The standard InChI is InChI=1S/C19H20O4/c1-14(2)12-22-18(20)16-10-6-7-11-17(16)19(21)23-13-15-8-4-3-5-9-15/h3-11,14H,12-13H2,1-2H3. The monoisotopic (exact) mass is 312 g/mol. The largest absolute Gasteiger partial charge is 0.462 e. The van der Waals surface area contributed by atoms with E-state index in [-0.39, 0.29) is 23.7 Å². The lowest BCUT2D eigenvalue weighted by molar-refractivity contribution is 0.0418. The Hall–Kier alpha value is -2.62. The van der Waals surface area contributed by atoms with Gasteiger partial charge in [-0.05, 0) is 23.6 Å². The van der Waals surface area contributed by atoms with Gasteiger partial charge in [-0.2, -0.15) is 0 Å². The van der Waals surface area contributed by atoms with Crippen LogP contribution >= 0.6 is 0 Å². The summed E-state index contributed by atoms with van der Waals surface area (Å²) in [6.45, 7) is 4.38. The van der Waals surface area contributed by atoms with Crippen LogP contribution in [0.5, 0.6) is 0 Å². The average Bonchev–Trinajstić information content (AvgIpc) is 2.58. The topological polar surface area (TPSA) is 52.6 Å². The molecular weight excluding hydrogens is 292 g/mol. The van der Waals surface area contributed by atoms with Crippen LogP contribution in [0.2, 0.25) is 0 Å². The zero-order chi connectivity index (χ0) is 16.7. The van der Waals surface area contributed by atoms with Crippen LogP contribution in [0.4, 0.5) is 0 Å². The molecule has 0 bridgehead atoms. The third kappa shape index (κ3) is 4.95. The summed E-state index contributed by atoms with van der Waals surface area (Å²) in [7, 11) is 0. The van der Waals surface area contributed by atoms with Crippen molar-refractivity contribution in [3.63, 3.8) is 0 Å². The molecule has 0 aliphatic heterocycles. The summed E-state index contributed by atoms with van der Waals surface area (Å²) < 4.78 is 10.5. The highest BCUT2D eigenvalue weighted by molar-refractivity contribution is 6.03. The van der Waals surface area contributed by atoms with E-state index in [9.17, 15) is 9.59 Å². The molecule has 0 N–H and O–H groups in total. The van der Waals surface area contributed by atoms with Crippen LogP contribution in [-0.2, 0) is 16.1 Å². The molecule has 0 saturated carbocycles. The van der Waals surface area contributed by atoms with Gasteiger partial charge in [0.15, 0.2) is 0 Å². The van der Waals surface area contributed by atoms with Crippen LogP contribution in [0.25, 0.3) is 0 Å². The fourth-order valence-corrected chi connectivity index (χ4v) is 1.96. The third-order valence-corrected chi connectivity index (χ3v) is 3.13. The first-order chi connectivity index (χ1) is 11.1. The SMILES string of the molecule is CC(C)COC(=O)c1ccccc1C(=O)OCc1ccccc1. The molecule has 0 spiro atoms. The Bertz CT molecular complexity index is 662. The maximum absolute atomic E-state index is 12.3. The molecule has 120 valence electrons. The number of carbonyl (C=O) groups is 2. The Morgan fingerprint density at radius 3 is 1.91 bits per heavy atom. The van der Waals surface area contributed by atoms with Crippen LogP contribution < -0.4 is 0 Å². The van der Waals surface area contributed by atoms with Gasteiger partial charge < -0.3 is 9.47 Å². The van der Waals surface area contributed by atoms with Crippen LogP contribution in [-0.4, -0.2) is 18.5 Å². The van der Waals surface area contributed by atoms with Gasteiger partial charge in [0.2, 0.25) is 0 Å². The first-order valence-corrected chi connectivity index (χ1v) is 7.55. The Labute approximate surface area is 136 Å². The molecule has 0 saturated heterocycles. The molecular formula is C19H20O4. The highest BCUT2D eigenvalue weighted by atomic mass is 16.5. The molecule has 4 heteroatoms. The lowest BCUT2D eigenvalue weighted by Crippen LogP contribution is -2.15. The summed E-state index contributed by atoms with van der Waals surface area (Å²) in [6, 6.07) is 15.9. The molecule has 0 fully saturated rings. The van der Waals surface area contributed by atoms with Crippen LogP contribution in [0.15, 0.2) is 54.6 Å². The number of hydrogen-bond donors (Lipinski definition) is 0. The number of carbonyl (C=O) groups excluding carboxylic acids is 2. The van der Waals surface area contributed by atoms with Crippen molar-refractivity contribution in [2.45, 2.75) is 20.5 Å². The smallest absolute Gasteiger partial charge is 0.339 e. The minimum absolute atomic E-state index is 0.162. The maximum Gasteiger partial charge on any atom is 0.339 e. The first-order valence-electron chi connectivity index (χ1n) is 7.55. The summed E-state index contributed by atoms with van der Waals surface area (Å²) in [6.07, 6.45) is 0. The second-order valence-corrected chi connectivity index (χ2v) is 5.60. The van der Waals surface area contributed by atoms with Gasteiger partial charge in [0.25, 0.3) is 0 Å². The van der Waals surface area contributed by atoms with Crippen LogP contribution in [0.3, 0.4) is 0 Å². The van der Waals surface area contributed by atoms with E-state index in [4.69, 9.17) is 9.47 Å². The van der Waals surface area contributed by atoms with Gasteiger partial charge >= 0.3 is 11.9 Å². The minimum atomic E-state index is -0.536. The molecule has 0 atom stereocenters. The maximum atomic E-state index is 12.3. The molecule has 0 radical (unpaired) electrons. The molecule has 23 heavy (non-hydrogen) atoms. The van der Waals surface area contributed by atoms with Crippen molar-refractivity contribution in [2.75, 3.05) is 6.61 Å². The second-order valence-electron chi connectivity index (χ2n) is 5.60. The molecule has 4 nitrogen and oxygen atoms in total. The molecule has 0 aromatic heterocycles. The predicted octanol–water partition coefficient (Wildman–Crippen LogP) is 3.86. The van der Waals surface area contributed by atoms with Crippen molar-refractivity contribution in [3.8, 4) is 0 Å². The zero-order valence-electron chi connectivity index (χ0n) is 13.3. The molecule has 0 aliphatic rings. The summed E-state index contributed by atoms with van der Waals surface area (Å²) >= 11 is 0. The quantitative estimate of drug-likeness (QED) is 0.760. The van der Waals surface area contributed by atoms with E-state index in [2.05, 4.69) is 0 Å². The van der Waals surface area contributed by atoms with Crippen LogP contribution in [0, 0.1) is 5.92 Å². The normalized spacial score (nSPS) is 10.4. The number of ether oxygens (including phenoxy) is 2. The highest BCUT2D eigenvalue weighted by Crippen LogP contribution is 2.14. The molecule has 2 aromatic carbocycles. The fraction of sp³-hybridized carbons (Fsp3) is 0.263. The Morgan fingerprint density at radius 2 is 1.35 bits per heavy atom. The van der Waals surface area contributed by atoms with Gasteiger partial charge in [0.05, 0.1) is 17.7 Å². The summed E-state index contributed by atoms with van der Waals surface area (Å²) in [4.78, 5) is 24.4. The number of hydrogen-bond acceptors (Lipinski definition) is 4. The molecule has 0 unspecified atom stereocenters. The van der Waals surface area contributed by atoms with Gasteiger partial charge in [-0.1, -0.05) is 56.3 Å². The van der Waals surface area contributed by atoms with Crippen molar-refractivity contribution in [1.82, 2.24) is 0 Å². The average molecular weight is 312 g/mol. The fourth-order valence-electron chi connectivity index (χ4n) is 1.96. The Balaban J connectivity index is 2.06. The van der Waals surface area contributed by atoms with Crippen LogP contribution in [0.1, 0.15) is 40.1 Å². The number of benzene rings is 2. The van der Waals surface area contributed by atoms with Gasteiger partial charge in [-0.25, -0.2) is 9.59 Å². The number of esters is 2. The van der Waals surface area contributed by atoms with E-state index in [1.54, 1.807) is 24.3 Å². The molecule has 2 rings (SSSR count). The van der Waals surface area contributed by atoms with E-state index < -0.39 is 11.9 Å². The minimum Gasteiger partial charge on any atom is -0.462 e. The van der Waals surface area contributed by atoms with Gasteiger partial charge in [0.1, 0.15) is 6.61 Å².